The molecule has 2 aromatic rings. The third-order valence-electron chi connectivity index (χ3n) is 8.42. The van der Waals surface area contributed by atoms with Gasteiger partial charge in [0.05, 0.1) is 6.54 Å². The minimum absolute atomic E-state index is 0.0423. The first-order chi connectivity index (χ1) is 16.1. The van der Waals surface area contributed by atoms with Gasteiger partial charge in [-0.2, -0.15) is 0 Å². The van der Waals surface area contributed by atoms with Crippen molar-refractivity contribution in [1.29, 1.82) is 0 Å². The van der Waals surface area contributed by atoms with Crippen LogP contribution in [0, 0.1) is 11.8 Å². The predicted octanol–water partition coefficient (Wildman–Crippen LogP) is 4.79. The number of hydrogen-bond acceptors (Lipinski definition) is 3. The van der Waals surface area contributed by atoms with E-state index < -0.39 is 5.60 Å². The van der Waals surface area contributed by atoms with Crippen LogP contribution in [0.2, 0.25) is 0 Å². The molecule has 1 amide bonds. The number of amides is 1. The Kier molecular flexibility index (Phi) is 6.84. The summed E-state index contributed by atoms with van der Waals surface area (Å²) in [4.78, 5) is 17.9. The van der Waals surface area contributed by atoms with E-state index in [-0.39, 0.29) is 17.7 Å². The SMILES string of the molecule is O=C(C1CCCCC1)N1CC(CN2CCC(c3ccccc3)CC2)C(O)(c2ccccc2)C1. The van der Waals surface area contributed by atoms with Crippen molar-refractivity contribution in [2.24, 2.45) is 11.8 Å². The van der Waals surface area contributed by atoms with Crippen molar-refractivity contribution in [3.63, 3.8) is 0 Å². The number of benzene rings is 2. The van der Waals surface area contributed by atoms with Gasteiger partial charge in [0.25, 0.3) is 0 Å². The van der Waals surface area contributed by atoms with Gasteiger partial charge < -0.3 is 14.9 Å². The van der Waals surface area contributed by atoms with Crippen LogP contribution in [0.25, 0.3) is 0 Å². The number of rotatable bonds is 5. The zero-order valence-corrected chi connectivity index (χ0v) is 19.7. The van der Waals surface area contributed by atoms with Crippen LogP contribution in [0.4, 0.5) is 0 Å². The lowest BCUT2D eigenvalue weighted by Crippen LogP contribution is -2.44. The number of β-amino-alcohol motifs (C(OH)–C–C–N with tert-alkyl or cyclic N) is 1. The van der Waals surface area contributed by atoms with Gasteiger partial charge >= 0.3 is 0 Å². The lowest BCUT2D eigenvalue weighted by Gasteiger charge is -2.37. The van der Waals surface area contributed by atoms with Gasteiger partial charge in [0.2, 0.25) is 5.91 Å². The normalized spacial score (nSPS) is 27.7. The summed E-state index contributed by atoms with van der Waals surface area (Å²) in [6.07, 6.45) is 7.91. The summed E-state index contributed by atoms with van der Waals surface area (Å²) in [5.41, 5.74) is 1.43. The zero-order chi connectivity index (χ0) is 22.7. The summed E-state index contributed by atoms with van der Waals surface area (Å²) in [7, 11) is 0. The fourth-order valence-electron chi connectivity index (χ4n) is 6.43. The minimum Gasteiger partial charge on any atom is -0.383 e. The fourth-order valence-corrected chi connectivity index (χ4v) is 6.43. The Labute approximate surface area is 198 Å². The van der Waals surface area contributed by atoms with E-state index in [1.54, 1.807) is 0 Å². The number of piperidine rings is 1. The molecule has 0 radical (unpaired) electrons. The molecule has 176 valence electrons. The fraction of sp³-hybridized carbons (Fsp3) is 0.552. The van der Waals surface area contributed by atoms with Crippen molar-refractivity contribution < 1.29 is 9.90 Å². The highest BCUT2D eigenvalue weighted by molar-refractivity contribution is 5.79. The van der Waals surface area contributed by atoms with Gasteiger partial charge in [-0.1, -0.05) is 79.9 Å². The van der Waals surface area contributed by atoms with Crippen LogP contribution in [0.5, 0.6) is 0 Å². The summed E-state index contributed by atoms with van der Waals surface area (Å²) < 4.78 is 0. The standard InChI is InChI=1S/C29H38N2O2/c32-28(25-12-6-2-7-13-25)31-21-27(29(33,22-31)26-14-8-3-9-15-26)20-30-18-16-24(17-19-30)23-10-4-1-5-11-23/h1,3-5,8-11,14-15,24-25,27,33H,2,6-7,12-13,16-22H2. The summed E-state index contributed by atoms with van der Waals surface area (Å²) in [5, 5.41) is 12.0. The first kappa shape index (κ1) is 22.6. The molecular weight excluding hydrogens is 408 g/mol. The minimum atomic E-state index is -0.970. The average Bonchev–Trinajstić information content (AvgIpc) is 3.22. The number of carbonyl (C=O) groups excluding carboxylic acids is 1. The third-order valence-corrected chi connectivity index (χ3v) is 8.42. The van der Waals surface area contributed by atoms with E-state index >= 15 is 0 Å². The van der Waals surface area contributed by atoms with Crippen molar-refractivity contribution in [3.8, 4) is 0 Å². The Balaban J connectivity index is 1.28. The van der Waals surface area contributed by atoms with E-state index in [9.17, 15) is 9.90 Å². The maximum Gasteiger partial charge on any atom is 0.225 e. The van der Waals surface area contributed by atoms with Gasteiger partial charge in [0.15, 0.2) is 0 Å². The van der Waals surface area contributed by atoms with E-state index in [4.69, 9.17) is 0 Å². The molecule has 2 atom stereocenters. The van der Waals surface area contributed by atoms with Crippen molar-refractivity contribution in [3.05, 3.63) is 71.8 Å². The largest absolute Gasteiger partial charge is 0.383 e. The zero-order valence-electron chi connectivity index (χ0n) is 19.7. The molecule has 3 aliphatic rings. The van der Waals surface area contributed by atoms with Crippen molar-refractivity contribution in [2.45, 2.75) is 56.5 Å². The van der Waals surface area contributed by atoms with Crippen molar-refractivity contribution in [1.82, 2.24) is 9.80 Å². The van der Waals surface area contributed by atoms with Crippen LogP contribution < -0.4 is 0 Å². The molecule has 33 heavy (non-hydrogen) atoms. The van der Waals surface area contributed by atoms with Gasteiger partial charge in [0.1, 0.15) is 5.60 Å². The highest BCUT2D eigenvalue weighted by Gasteiger charge is 2.49. The molecule has 1 N–H and O–H groups in total. The quantitative estimate of drug-likeness (QED) is 0.718. The summed E-state index contributed by atoms with van der Waals surface area (Å²) in [6, 6.07) is 20.9. The molecule has 0 aromatic heterocycles. The van der Waals surface area contributed by atoms with E-state index in [0.29, 0.717) is 19.0 Å². The number of likely N-dealkylation sites (tertiary alicyclic amines) is 2. The third kappa shape index (κ3) is 4.88. The molecule has 2 unspecified atom stereocenters. The number of hydrogen-bond donors (Lipinski definition) is 1. The topological polar surface area (TPSA) is 43.8 Å². The van der Waals surface area contributed by atoms with Crippen LogP contribution in [-0.2, 0) is 10.4 Å². The van der Waals surface area contributed by atoms with Crippen LogP contribution in [0.1, 0.15) is 62.0 Å². The van der Waals surface area contributed by atoms with Crippen LogP contribution >= 0.6 is 0 Å². The van der Waals surface area contributed by atoms with E-state index in [2.05, 4.69) is 35.2 Å². The molecule has 2 saturated heterocycles. The lowest BCUT2D eigenvalue weighted by molar-refractivity contribution is -0.136. The Morgan fingerprint density at radius 2 is 1.52 bits per heavy atom. The number of nitrogens with zero attached hydrogens (tertiary/aromatic N) is 2. The summed E-state index contributed by atoms with van der Waals surface area (Å²) in [5.74, 6) is 1.10. The number of aliphatic hydroxyl groups is 1. The molecule has 0 spiro atoms. The van der Waals surface area contributed by atoms with Crippen LogP contribution in [0.15, 0.2) is 60.7 Å². The highest BCUT2D eigenvalue weighted by atomic mass is 16.3. The monoisotopic (exact) mass is 446 g/mol. The van der Waals surface area contributed by atoms with Crippen LogP contribution in [-0.4, -0.2) is 53.5 Å². The Bertz CT molecular complexity index is 904. The lowest BCUT2D eigenvalue weighted by atomic mass is 9.82. The second kappa shape index (κ2) is 9.99. The molecule has 1 aliphatic carbocycles. The molecule has 2 heterocycles. The second-order valence-electron chi connectivity index (χ2n) is 10.5. The molecule has 4 nitrogen and oxygen atoms in total. The second-order valence-corrected chi connectivity index (χ2v) is 10.5. The van der Waals surface area contributed by atoms with E-state index in [0.717, 1.165) is 63.7 Å². The van der Waals surface area contributed by atoms with E-state index in [1.165, 1.54) is 12.0 Å². The maximum absolute atomic E-state index is 13.4. The van der Waals surface area contributed by atoms with Crippen molar-refractivity contribution in [2.75, 3.05) is 32.7 Å². The van der Waals surface area contributed by atoms with Crippen molar-refractivity contribution >= 4 is 5.91 Å². The Morgan fingerprint density at radius 3 is 2.18 bits per heavy atom. The Hall–Kier alpha value is -2.17. The molecule has 2 aromatic carbocycles. The highest BCUT2D eigenvalue weighted by Crippen LogP contribution is 2.40. The molecule has 1 saturated carbocycles. The molecule has 4 heteroatoms. The molecule has 3 fully saturated rings. The van der Waals surface area contributed by atoms with Gasteiger partial charge in [0, 0.05) is 24.9 Å². The first-order valence-corrected chi connectivity index (χ1v) is 13.0. The first-order valence-electron chi connectivity index (χ1n) is 13.0. The Morgan fingerprint density at radius 1 is 0.879 bits per heavy atom. The molecule has 2 aliphatic heterocycles. The smallest absolute Gasteiger partial charge is 0.225 e. The summed E-state index contributed by atoms with van der Waals surface area (Å²) in [6.45, 7) is 4.05. The molecular formula is C29H38N2O2. The van der Waals surface area contributed by atoms with Gasteiger partial charge in [-0.3, -0.25) is 4.79 Å². The average molecular weight is 447 g/mol. The van der Waals surface area contributed by atoms with Crippen LogP contribution in [0.3, 0.4) is 0 Å². The van der Waals surface area contributed by atoms with E-state index in [1.807, 2.05) is 35.2 Å². The summed E-state index contributed by atoms with van der Waals surface area (Å²) >= 11 is 0. The van der Waals surface area contributed by atoms with Gasteiger partial charge in [-0.05, 0) is 55.8 Å². The molecule has 5 rings (SSSR count). The predicted molar refractivity (Wildman–Crippen MR) is 132 cm³/mol. The maximum atomic E-state index is 13.4. The molecule has 0 bridgehead atoms. The van der Waals surface area contributed by atoms with Gasteiger partial charge in [-0.15, -0.1) is 0 Å². The number of carbonyl (C=O) groups is 1. The van der Waals surface area contributed by atoms with Gasteiger partial charge in [-0.25, -0.2) is 0 Å².